The highest BCUT2D eigenvalue weighted by atomic mass is 16.2. The molecule has 0 fully saturated rings. The Hall–Kier alpha value is -2.18. The number of carbonyl (C=O) groups is 1. The smallest absolute Gasteiger partial charge is 0.272 e. The predicted octanol–water partition coefficient (Wildman–Crippen LogP) is 0.755. The van der Waals surface area contributed by atoms with Crippen molar-refractivity contribution in [1.82, 2.24) is 30.3 Å². The third-order valence-corrected chi connectivity index (χ3v) is 4.15. The van der Waals surface area contributed by atoms with Gasteiger partial charge in [-0.2, -0.15) is 10.2 Å². The molecule has 0 saturated heterocycles. The molecule has 4 rings (SSSR count). The van der Waals surface area contributed by atoms with E-state index in [1.54, 1.807) is 6.33 Å². The summed E-state index contributed by atoms with van der Waals surface area (Å²) in [4.78, 5) is 16.7. The van der Waals surface area contributed by atoms with E-state index in [4.69, 9.17) is 0 Å². The average Bonchev–Trinajstić information content (AvgIpc) is 3.14. The summed E-state index contributed by atoms with van der Waals surface area (Å²) in [7, 11) is 0. The number of rotatable bonds is 2. The number of nitrogens with zero attached hydrogens (tertiary/aromatic N) is 4. The molecule has 1 aliphatic heterocycles. The average molecular weight is 272 g/mol. The molecule has 2 aliphatic rings. The van der Waals surface area contributed by atoms with Crippen LogP contribution in [-0.4, -0.2) is 30.9 Å². The van der Waals surface area contributed by atoms with Gasteiger partial charge in [0.1, 0.15) is 12.2 Å². The van der Waals surface area contributed by atoms with Gasteiger partial charge in [0.2, 0.25) is 0 Å². The third kappa shape index (κ3) is 1.73. The summed E-state index contributed by atoms with van der Waals surface area (Å²) < 4.78 is 1.86. The summed E-state index contributed by atoms with van der Waals surface area (Å²) >= 11 is 0. The zero-order chi connectivity index (χ0) is 13.5. The maximum absolute atomic E-state index is 12.4. The fraction of sp³-hybridized carbons (Fsp3) is 0.538. The molecule has 0 bridgehead atoms. The van der Waals surface area contributed by atoms with Gasteiger partial charge in [0.25, 0.3) is 5.91 Å². The quantitative estimate of drug-likeness (QED) is 0.844. The SMILES string of the molecule is O=C(N[C@H]1CCCn2ncnc21)c1n[nH]c2c1CCC2. The molecule has 3 heterocycles. The zero-order valence-electron chi connectivity index (χ0n) is 11.1. The number of aryl methyl sites for hydroxylation is 2. The van der Waals surface area contributed by atoms with Gasteiger partial charge in [-0.15, -0.1) is 0 Å². The Morgan fingerprint density at radius 2 is 2.35 bits per heavy atom. The van der Waals surface area contributed by atoms with Crippen LogP contribution < -0.4 is 5.32 Å². The third-order valence-electron chi connectivity index (χ3n) is 4.15. The lowest BCUT2D eigenvalue weighted by atomic mass is 10.1. The first-order chi connectivity index (χ1) is 9.83. The van der Waals surface area contributed by atoms with E-state index in [2.05, 4.69) is 25.6 Å². The van der Waals surface area contributed by atoms with E-state index in [9.17, 15) is 4.79 Å². The molecule has 0 spiro atoms. The zero-order valence-corrected chi connectivity index (χ0v) is 11.1. The topological polar surface area (TPSA) is 88.5 Å². The van der Waals surface area contributed by atoms with Crippen LogP contribution in [0.3, 0.4) is 0 Å². The van der Waals surface area contributed by atoms with Crippen LogP contribution in [0.25, 0.3) is 0 Å². The van der Waals surface area contributed by atoms with Gasteiger partial charge in [0, 0.05) is 17.8 Å². The number of H-pyrrole nitrogens is 1. The number of aromatic nitrogens is 5. The molecule has 2 aromatic rings. The van der Waals surface area contributed by atoms with Crippen molar-refractivity contribution >= 4 is 5.91 Å². The summed E-state index contributed by atoms with van der Waals surface area (Å²) in [5, 5.41) is 14.4. The van der Waals surface area contributed by atoms with Gasteiger partial charge in [-0.3, -0.25) is 9.89 Å². The van der Waals surface area contributed by atoms with E-state index in [1.807, 2.05) is 4.68 Å². The van der Waals surface area contributed by atoms with Crippen LogP contribution in [0.1, 0.15) is 52.9 Å². The van der Waals surface area contributed by atoms with Crippen LogP contribution in [0.2, 0.25) is 0 Å². The molecule has 0 radical (unpaired) electrons. The second kappa shape index (κ2) is 4.43. The first-order valence-corrected chi connectivity index (χ1v) is 7.07. The Morgan fingerprint density at radius 1 is 1.40 bits per heavy atom. The standard InChI is InChI=1S/C13H16N6O/c20-13(11-8-3-1-4-9(8)17-18-11)16-10-5-2-6-19-12(10)14-7-15-19/h7,10H,1-6H2,(H,16,20)(H,17,18)/t10-/m0/s1. The molecule has 1 amide bonds. The van der Waals surface area contributed by atoms with Crippen molar-refractivity contribution in [3.8, 4) is 0 Å². The van der Waals surface area contributed by atoms with Crippen molar-refractivity contribution in [2.24, 2.45) is 0 Å². The van der Waals surface area contributed by atoms with Crippen LogP contribution in [0.15, 0.2) is 6.33 Å². The molecule has 1 aliphatic carbocycles. The van der Waals surface area contributed by atoms with E-state index < -0.39 is 0 Å². The summed E-state index contributed by atoms with van der Waals surface area (Å²) in [6.45, 7) is 0.875. The molecule has 0 aromatic carbocycles. The van der Waals surface area contributed by atoms with Crippen LogP contribution in [-0.2, 0) is 19.4 Å². The minimum absolute atomic E-state index is 0.0625. The molecule has 104 valence electrons. The maximum Gasteiger partial charge on any atom is 0.272 e. The van der Waals surface area contributed by atoms with E-state index in [-0.39, 0.29) is 11.9 Å². The summed E-state index contributed by atoms with van der Waals surface area (Å²) in [5.41, 5.74) is 2.75. The molecule has 7 nitrogen and oxygen atoms in total. The summed E-state index contributed by atoms with van der Waals surface area (Å²) in [5.74, 6) is 0.739. The van der Waals surface area contributed by atoms with Crippen molar-refractivity contribution in [2.45, 2.75) is 44.7 Å². The Morgan fingerprint density at radius 3 is 3.30 bits per heavy atom. The van der Waals surface area contributed by atoms with Gasteiger partial charge in [0.15, 0.2) is 5.69 Å². The van der Waals surface area contributed by atoms with E-state index >= 15 is 0 Å². The van der Waals surface area contributed by atoms with Crippen molar-refractivity contribution < 1.29 is 4.79 Å². The monoisotopic (exact) mass is 272 g/mol. The molecule has 2 aromatic heterocycles. The van der Waals surface area contributed by atoms with Crippen molar-refractivity contribution in [3.05, 3.63) is 29.1 Å². The second-order valence-electron chi connectivity index (χ2n) is 5.39. The van der Waals surface area contributed by atoms with Gasteiger partial charge in [-0.25, -0.2) is 9.67 Å². The van der Waals surface area contributed by atoms with E-state index in [0.717, 1.165) is 55.7 Å². The first kappa shape index (κ1) is 11.6. The highest BCUT2D eigenvalue weighted by molar-refractivity contribution is 5.94. The Labute approximate surface area is 115 Å². The molecule has 0 unspecified atom stereocenters. The number of aromatic amines is 1. The van der Waals surface area contributed by atoms with Gasteiger partial charge in [0.05, 0.1) is 6.04 Å². The fourth-order valence-electron chi connectivity index (χ4n) is 3.16. The highest BCUT2D eigenvalue weighted by Gasteiger charge is 2.28. The minimum atomic E-state index is -0.106. The number of amides is 1. The fourth-order valence-corrected chi connectivity index (χ4v) is 3.16. The lowest BCUT2D eigenvalue weighted by Crippen LogP contribution is -2.33. The maximum atomic E-state index is 12.4. The summed E-state index contributed by atoms with van der Waals surface area (Å²) in [6, 6.07) is -0.0625. The molecule has 7 heteroatoms. The number of hydrogen-bond donors (Lipinski definition) is 2. The number of nitrogens with one attached hydrogen (secondary N) is 2. The molecule has 2 N–H and O–H groups in total. The highest BCUT2D eigenvalue weighted by Crippen LogP contribution is 2.25. The van der Waals surface area contributed by atoms with Crippen molar-refractivity contribution in [3.63, 3.8) is 0 Å². The number of hydrogen-bond acceptors (Lipinski definition) is 4. The van der Waals surface area contributed by atoms with E-state index in [1.165, 1.54) is 0 Å². The van der Waals surface area contributed by atoms with Crippen LogP contribution >= 0.6 is 0 Å². The lowest BCUT2D eigenvalue weighted by Gasteiger charge is -2.22. The van der Waals surface area contributed by atoms with Crippen molar-refractivity contribution in [2.75, 3.05) is 0 Å². The van der Waals surface area contributed by atoms with E-state index in [0.29, 0.717) is 5.69 Å². The summed E-state index contributed by atoms with van der Waals surface area (Å²) in [6.07, 6.45) is 6.48. The minimum Gasteiger partial charge on any atom is -0.341 e. The molecule has 0 saturated carbocycles. The number of carbonyl (C=O) groups excluding carboxylic acids is 1. The van der Waals surface area contributed by atoms with Crippen molar-refractivity contribution in [1.29, 1.82) is 0 Å². The second-order valence-corrected chi connectivity index (χ2v) is 5.39. The molecule has 20 heavy (non-hydrogen) atoms. The van der Waals surface area contributed by atoms with Crippen LogP contribution in [0.5, 0.6) is 0 Å². The molecular formula is C13H16N6O. The molecular weight excluding hydrogens is 256 g/mol. The largest absolute Gasteiger partial charge is 0.341 e. The van der Waals surface area contributed by atoms with Gasteiger partial charge >= 0.3 is 0 Å². The Balaban J connectivity index is 1.57. The lowest BCUT2D eigenvalue weighted by molar-refractivity contribution is 0.0921. The van der Waals surface area contributed by atoms with Gasteiger partial charge in [-0.1, -0.05) is 0 Å². The van der Waals surface area contributed by atoms with Crippen LogP contribution in [0, 0.1) is 0 Å². The number of fused-ring (bicyclic) bond motifs is 2. The first-order valence-electron chi connectivity index (χ1n) is 7.07. The Kier molecular flexibility index (Phi) is 2.58. The van der Waals surface area contributed by atoms with Crippen LogP contribution in [0.4, 0.5) is 0 Å². The van der Waals surface area contributed by atoms with Gasteiger partial charge in [-0.05, 0) is 32.1 Å². The normalized spacial score (nSPS) is 20.5. The van der Waals surface area contributed by atoms with Gasteiger partial charge < -0.3 is 5.32 Å². The Bertz CT molecular complexity index is 658. The molecule has 1 atom stereocenters. The predicted molar refractivity (Wildman–Crippen MR) is 70.1 cm³/mol.